The van der Waals surface area contributed by atoms with Crippen LogP contribution < -0.4 is 15.2 Å². The monoisotopic (exact) mass is 255 g/mol. The first-order valence-corrected chi connectivity index (χ1v) is 6.22. The van der Waals surface area contributed by atoms with Gasteiger partial charge in [-0.25, -0.2) is 0 Å². The molecule has 94 valence electrons. The molecule has 0 heterocycles. The number of halogens is 1. The van der Waals surface area contributed by atoms with Crippen molar-refractivity contribution in [1.82, 2.24) is 0 Å². The highest BCUT2D eigenvalue weighted by atomic mass is 35.5. The van der Waals surface area contributed by atoms with Gasteiger partial charge in [-0.2, -0.15) is 0 Å². The predicted octanol–water partition coefficient (Wildman–Crippen LogP) is 3.16. The first-order chi connectivity index (χ1) is 8.19. The Labute approximate surface area is 107 Å². The van der Waals surface area contributed by atoms with Gasteiger partial charge in [0.05, 0.1) is 19.2 Å². The molecule has 1 aliphatic carbocycles. The van der Waals surface area contributed by atoms with Crippen LogP contribution in [0.3, 0.4) is 0 Å². The lowest BCUT2D eigenvalue weighted by Crippen LogP contribution is -2.27. The minimum atomic E-state index is -0.00365. The molecule has 0 aromatic heterocycles. The second-order valence-electron chi connectivity index (χ2n) is 4.42. The molecule has 0 spiro atoms. The van der Waals surface area contributed by atoms with Crippen LogP contribution in [0.5, 0.6) is 11.5 Å². The van der Waals surface area contributed by atoms with E-state index in [0.717, 1.165) is 5.56 Å². The fourth-order valence-electron chi connectivity index (χ4n) is 2.21. The molecule has 0 aliphatic heterocycles. The van der Waals surface area contributed by atoms with Gasteiger partial charge in [0.2, 0.25) is 0 Å². The summed E-state index contributed by atoms with van der Waals surface area (Å²) in [6, 6.07) is 3.79. The predicted molar refractivity (Wildman–Crippen MR) is 68.8 cm³/mol. The Balaban J connectivity index is 2.34. The molecule has 1 fully saturated rings. The molecule has 1 atom stereocenters. The van der Waals surface area contributed by atoms with Crippen LogP contribution in [-0.2, 0) is 0 Å². The second-order valence-corrected chi connectivity index (χ2v) is 4.80. The smallest absolute Gasteiger partial charge is 0.179 e. The van der Waals surface area contributed by atoms with E-state index in [4.69, 9.17) is 26.8 Å². The van der Waals surface area contributed by atoms with Crippen LogP contribution in [0.1, 0.15) is 30.9 Å². The summed E-state index contributed by atoms with van der Waals surface area (Å²) < 4.78 is 10.5. The van der Waals surface area contributed by atoms with Gasteiger partial charge in [0.1, 0.15) is 0 Å². The van der Waals surface area contributed by atoms with E-state index in [0.29, 0.717) is 22.4 Å². The average Bonchev–Trinajstić information content (AvgIpc) is 2.25. The average molecular weight is 256 g/mol. The molecule has 17 heavy (non-hydrogen) atoms. The normalized spacial score (nSPS) is 17.4. The summed E-state index contributed by atoms with van der Waals surface area (Å²) in [6.07, 6.45) is 3.64. The zero-order chi connectivity index (χ0) is 12.4. The minimum absolute atomic E-state index is 0.00365. The lowest BCUT2D eigenvalue weighted by atomic mass is 9.77. The van der Waals surface area contributed by atoms with Crippen molar-refractivity contribution in [2.75, 3.05) is 14.2 Å². The fraction of sp³-hybridized carbons (Fsp3) is 0.538. The third-order valence-corrected chi connectivity index (χ3v) is 3.92. The summed E-state index contributed by atoms with van der Waals surface area (Å²) in [5.41, 5.74) is 7.19. The standard InChI is InChI=1S/C13H18ClNO2/c1-16-10-7-6-9(11(14)13(10)17-2)12(15)8-4-3-5-8/h6-8,12H,3-5,15H2,1-2H3/t12-/m0/s1. The van der Waals surface area contributed by atoms with Crippen molar-refractivity contribution in [3.63, 3.8) is 0 Å². The summed E-state index contributed by atoms with van der Waals surface area (Å²) in [5, 5.41) is 0.575. The summed E-state index contributed by atoms with van der Waals surface area (Å²) in [6.45, 7) is 0. The van der Waals surface area contributed by atoms with E-state index < -0.39 is 0 Å². The Bertz CT molecular complexity index is 405. The molecular formula is C13H18ClNO2. The van der Waals surface area contributed by atoms with Crippen LogP contribution in [0, 0.1) is 5.92 Å². The number of hydrogen-bond donors (Lipinski definition) is 1. The van der Waals surface area contributed by atoms with Gasteiger partial charge in [-0.3, -0.25) is 0 Å². The maximum Gasteiger partial charge on any atom is 0.179 e. The molecular weight excluding hydrogens is 238 g/mol. The molecule has 1 saturated carbocycles. The van der Waals surface area contributed by atoms with Crippen molar-refractivity contribution in [3.05, 3.63) is 22.7 Å². The fourth-order valence-corrected chi connectivity index (χ4v) is 2.57. The van der Waals surface area contributed by atoms with Crippen LogP contribution >= 0.6 is 11.6 Å². The molecule has 4 heteroatoms. The molecule has 0 saturated heterocycles. The second kappa shape index (κ2) is 5.15. The van der Waals surface area contributed by atoms with E-state index >= 15 is 0 Å². The molecule has 1 aromatic carbocycles. The van der Waals surface area contributed by atoms with Gasteiger partial charge in [0.25, 0.3) is 0 Å². The first-order valence-electron chi connectivity index (χ1n) is 5.85. The van der Waals surface area contributed by atoms with Crippen molar-refractivity contribution in [2.45, 2.75) is 25.3 Å². The molecule has 3 nitrogen and oxygen atoms in total. The Morgan fingerprint density at radius 3 is 2.47 bits per heavy atom. The molecule has 0 amide bonds. The summed E-state index contributed by atoms with van der Waals surface area (Å²) in [4.78, 5) is 0. The third kappa shape index (κ3) is 2.22. The van der Waals surface area contributed by atoms with E-state index in [-0.39, 0.29) is 6.04 Å². The van der Waals surface area contributed by atoms with E-state index in [2.05, 4.69) is 0 Å². The van der Waals surface area contributed by atoms with Crippen LogP contribution in [-0.4, -0.2) is 14.2 Å². The Kier molecular flexibility index (Phi) is 3.79. The largest absolute Gasteiger partial charge is 0.493 e. The van der Waals surface area contributed by atoms with Crippen molar-refractivity contribution in [3.8, 4) is 11.5 Å². The number of nitrogens with two attached hydrogens (primary N) is 1. The molecule has 0 bridgehead atoms. The number of benzene rings is 1. The van der Waals surface area contributed by atoms with Crippen molar-refractivity contribution >= 4 is 11.6 Å². The van der Waals surface area contributed by atoms with E-state index in [1.165, 1.54) is 19.3 Å². The van der Waals surface area contributed by atoms with E-state index in [9.17, 15) is 0 Å². The molecule has 1 aromatic rings. The lowest BCUT2D eigenvalue weighted by molar-refractivity contribution is 0.263. The lowest BCUT2D eigenvalue weighted by Gasteiger charge is -2.32. The molecule has 0 radical (unpaired) electrons. The van der Waals surface area contributed by atoms with Crippen LogP contribution in [0.2, 0.25) is 5.02 Å². The molecule has 0 unspecified atom stereocenters. The topological polar surface area (TPSA) is 44.5 Å². The van der Waals surface area contributed by atoms with Gasteiger partial charge in [-0.1, -0.05) is 24.1 Å². The van der Waals surface area contributed by atoms with E-state index in [1.807, 2.05) is 12.1 Å². The Morgan fingerprint density at radius 1 is 1.29 bits per heavy atom. The number of methoxy groups -OCH3 is 2. The quantitative estimate of drug-likeness (QED) is 0.899. The Morgan fingerprint density at radius 2 is 2.00 bits per heavy atom. The van der Waals surface area contributed by atoms with Crippen molar-refractivity contribution in [2.24, 2.45) is 11.7 Å². The van der Waals surface area contributed by atoms with Gasteiger partial charge >= 0.3 is 0 Å². The highest BCUT2D eigenvalue weighted by Gasteiger charge is 2.28. The first kappa shape index (κ1) is 12.5. The molecule has 2 rings (SSSR count). The third-order valence-electron chi connectivity index (χ3n) is 3.53. The van der Waals surface area contributed by atoms with Crippen molar-refractivity contribution in [1.29, 1.82) is 0 Å². The van der Waals surface area contributed by atoms with Crippen LogP contribution in [0.15, 0.2) is 12.1 Å². The van der Waals surface area contributed by atoms with Gasteiger partial charge in [-0.15, -0.1) is 0 Å². The summed E-state index contributed by atoms with van der Waals surface area (Å²) >= 11 is 6.33. The maximum absolute atomic E-state index is 6.33. The SMILES string of the molecule is COc1ccc([C@@H](N)C2CCC2)c(Cl)c1OC. The van der Waals surface area contributed by atoms with Gasteiger partial charge < -0.3 is 15.2 Å². The number of rotatable bonds is 4. The number of hydrogen-bond acceptors (Lipinski definition) is 3. The molecule has 1 aliphatic rings. The van der Waals surface area contributed by atoms with E-state index in [1.54, 1.807) is 14.2 Å². The Hall–Kier alpha value is -0.930. The van der Waals surface area contributed by atoms with Gasteiger partial charge in [0.15, 0.2) is 11.5 Å². The van der Waals surface area contributed by atoms with Crippen LogP contribution in [0.4, 0.5) is 0 Å². The van der Waals surface area contributed by atoms with Gasteiger partial charge in [-0.05, 0) is 30.4 Å². The van der Waals surface area contributed by atoms with Crippen LogP contribution in [0.25, 0.3) is 0 Å². The highest BCUT2D eigenvalue weighted by molar-refractivity contribution is 6.33. The summed E-state index contributed by atoms with van der Waals surface area (Å²) in [5.74, 6) is 1.76. The zero-order valence-electron chi connectivity index (χ0n) is 10.2. The number of ether oxygens (including phenoxy) is 2. The van der Waals surface area contributed by atoms with Crippen molar-refractivity contribution < 1.29 is 9.47 Å². The zero-order valence-corrected chi connectivity index (χ0v) is 11.0. The molecule has 2 N–H and O–H groups in total. The maximum atomic E-state index is 6.33. The highest BCUT2D eigenvalue weighted by Crippen LogP contribution is 2.44. The summed E-state index contributed by atoms with van der Waals surface area (Å²) in [7, 11) is 3.18. The van der Waals surface area contributed by atoms with Gasteiger partial charge in [0, 0.05) is 6.04 Å². The minimum Gasteiger partial charge on any atom is -0.493 e.